The van der Waals surface area contributed by atoms with Gasteiger partial charge in [0.2, 0.25) is 0 Å². The maximum Gasteiger partial charge on any atom is 0.0277 e. The van der Waals surface area contributed by atoms with Crippen molar-refractivity contribution in [1.82, 2.24) is 10.2 Å². The molecule has 2 rings (SSSR count). The van der Waals surface area contributed by atoms with Crippen LogP contribution in [-0.4, -0.2) is 36.6 Å². The summed E-state index contributed by atoms with van der Waals surface area (Å²) < 4.78 is 0. The highest BCUT2D eigenvalue weighted by Crippen LogP contribution is 2.68. The summed E-state index contributed by atoms with van der Waals surface area (Å²) in [6.07, 6.45) is 2.52. The molecule has 2 fully saturated rings. The molecule has 2 nitrogen and oxygen atoms in total. The van der Waals surface area contributed by atoms with E-state index in [0.29, 0.717) is 16.4 Å². The van der Waals surface area contributed by atoms with Crippen molar-refractivity contribution in [3.63, 3.8) is 0 Å². The fraction of sp³-hybridized carbons (Fsp3) is 1.00. The van der Waals surface area contributed by atoms with Gasteiger partial charge in [0.15, 0.2) is 0 Å². The van der Waals surface area contributed by atoms with E-state index in [2.05, 4.69) is 51.8 Å². The molecule has 0 bridgehead atoms. The van der Waals surface area contributed by atoms with E-state index < -0.39 is 0 Å². The van der Waals surface area contributed by atoms with E-state index in [9.17, 15) is 0 Å². The Morgan fingerprint density at radius 1 is 1.11 bits per heavy atom. The zero-order valence-corrected chi connectivity index (χ0v) is 13.3. The molecular weight excluding hydrogens is 220 g/mol. The van der Waals surface area contributed by atoms with Crippen LogP contribution in [0.5, 0.6) is 0 Å². The second-order valence-electron chi connectivity index (χ2n) is 7.93. The lowest BCUT2D eigenvalue weighted by atomic mass is 9.98. The molecule has 1 saturated carbocycles. The molecule has 2 aliphatic rings. The van der Waals surface area contributed by atoms with Gasteiger partial charge in [-0.3, -0.25) is 0 Å². The first-order valence-electron chi connectivity index (χ1n) is 7.70. The molecule has 1 heterocycles. The first kappa shape index (κ1) is 14.3. The number of nitrogens with one attached hydrogen (secondary N) is 1. The summed E-state index contributed by atoms with van der Waals surface area (Å²) in [4.78, 5) is 2.71. The van der Waals surface area contributed by atoms with Crippen molar-refractivity contribution < 1.29 is 0 Å². The Labute approximate surface area is 114 Å². The molecule has 18 heavy (non-hydrogen) atoms. The maximum atomic E-state index is 3.73. The van der Waals surface area contributed by atoms with Crippen molar-refractivity contribution in [3.8, 4) is 0 Å². The van der Waals surface area contributed by atoms with Crippen LogP contribution in [0.1, 0.15) is 54.4 Å². The van der Waals surface area contributed by atoms with Crippen molar-refractivity contribution in [2.24, 2.45) is 16.7 Å². The standard InChI is InChI=1S/C16H32N2/c1-7-16(6)12-18(10-8-9-17-16)11-13-14(2,3)15(13,4)5/h13,17H,7-12H2,1-6H3. The summed E-state index contributed by atoms with van der Waals surface area (Å²) in [6.45, 7) is 19.4. The van der Waals surface area contributed by atoms with Gasteiger partial charge in [-0.05, 0) is 49.6 Å². The predicted octanol–water partition coefficient (Wildman–Crippen LogP) is 3.13. The second-order valence-corrected chi connectivity index (χ2v) is 7.93. The zero-order chi connectivity index (χ0) is 13.6. The summed E-state index contributed by atoms with van der Waals surface area (Å²) in [5.41, 5.74) is 1.37. The van der Waals surface area contributed by atoms with Gasteiger partial charge in [0, 0.05) is 18.6 Å². The molecule has 106 valence electrons. The highest BCUT2D eigenvalue weighted by atomic mass is 15.2. The third kappa shape index (κ3) is 2.34. The van der Waals surface area contributed by atoms with Crippen LogP contribution in [0.3, 0.4) is 0 Å². The lowest BCUT2D eigenvalue weighted by Crippen LogP contribution is -2.49. The second kappa shape index (κ2) is 4.49. The topological polar surface area (TPSA) is 15.3 Å². The molecule has 2 heteroatoms. The fourth-order valence-electron chi connectivity index (χ4n) is 3.76. The van der Waals surface area contributed by atoms with Crippen LogP contribution in [0.2, 0.25) is 0 Å². The van der Waals surface area contributed by atoms with E-state index in [4.69, 9.17) is 0 Å². The first-order chi connectivity index (χ1) is 8.23. The molecule has 1 aliphatic carbocycles. The van der Waals surface area contributed by atoms with Crippen LogP contribution >= 0.6 is 0 Å². The fourth-order valence-corrected chi connectivity index (χ4v) is 3.76. The summed E-state index contributed by atoms with van der Waals surface area (Å²) in [6, 6.07) is 0. The monoisotopic (exact) mass is 252 g/mol. The van der Waals surface area contributed by atoms with Crippen molar-refractivity contribution in [3.05, 3.63) is 0 Å². The Bertz CT molecular complexity index is 294. The molecule has 0 radical (unpaired) electrons. The van der Waals surface area contributed by atoms with E-state index >= 15 is 0 Å². The van der Waals surface area contributed by atoms with Crippen LogP contribution < -0.4 is 5.32 Å². The largest absolute Gasteiger partial charge is 0.310 e. The molecule has 0 amide bonds. The number of nitrogens with zero attached hydrogens (tertiary/aromatic N) is 1. The highest BCUT2D eigenvalue weighted by molar-refractivity contribution is 5.13. The molecule has 0 aromatic carbocycles. The van der Waals surface area contributed by atoms with Gasteiger partial charge < -0.3 is 10.2 Å². The van der Waals surface area contributed by atoms with Gasteiger partial charge in [-0.2, -0.15) is 0 Å². The van der Waals surface area contributed by atoms with E-state index in [0.717, 1.165) is 5.92 Å². The average Bonchev–Trinajstić information content (AvgIpc) is 2.77. The van der Waals surface area contributed by atoms with Crippen LogP contribution in [0.4, 0.5) is 0 Å². The van der Waals surface area contributed by atoms with Gasteiger partial charge in [0.25, 0.3) is 0 Å². The summed E-state index contributed by atoms with van der Waals surface area (Å²) in [5, 5.41) is 3.73. The highest BCUT2D eigenvalue weighted by Gasteiger charge is 2.64. The lowest BCUT2D eigenvalue weighted by Gasteiger charge is -2.33. The van der Waals surface area contributed by atoms with Gasteiger partial charge in [-0.1, -0.05) is 34.6 Å². The van der Waals surface area contributed by atoms with Gasteiger partial charge in [0.1, 0.15) is 0 Å². The Kier molecular flexibility index (Phi) is 3.57. The Hall–Kier alpha value is -0.0800. The molecule has 0 aromatic heterocycles. The van der Waals surface area contributed by atoms with E-state index in [-0.39, 0.29) is 0 Å². The number of hydrogen-bond donors (Lipinski definition) is 1. The summed E-state index contributed by atoms with van der Waals surface area (Å²) in [5.74, 6) is 0.865. The number of hydrogen-bond acceptors (Lipinski definition) is 2. The molecule has 1 N–H and O–H groups in total. The number of rotatable bonds is 3. The van der Waals surface area contributed by atoms with E-state index in [1.54, 1.807) is 0 Å². The van der Waals surface area contributed by atoms with Crippen molar-refractivity contribution in [2.45, 2.75) is 59.9 Å². The molecule has 1 unspecified atom stereocenters. The van der Waals surface area contributed by atoms with Crippen molar-refractivity contribution in [2.75, 3.05) is 26.2 Å². The Morgan fingerprint density at radius 3 is 2.22 bits per heavy atom. The maximum absolute atomic E-state index is 3.73. The zero-order valence-electron chi connectivity index (χ0n) is 13.3. The molecule has 0 spiro atoms. The first-order valence-corrected chi connectivity index (χ1v) is 7.70. The molecule has 0 aromatic rings. The summed E-state index contributed by atoms with van der Waals surface area (Å²) in [7, 11) is 0. The van der Waals surface area contributed by atoms with Gasteiger partial charge >= 0.3 is 0 Å². The van der Waals surface area contributed by atoms with E-state index in [1.807, 2.05) is 0 Å². The molecule has 1 saturated heterocycles. The van der Waals surface area contributed by atoms with Gasteiger partial charge in [-0.15, -0.1) is 0 Å². The van der Waals surface area contributed by atoms with Crippen LogP contribution in [0.15, 0.2) is 0 Å². The van der Waals surface area contributed by atoms with Crippen LogP contribution in [-0.2, 0) is 0 Å². The minimum Gasteiger partial charge on any atom is -0.310 e. The third-order valence-corrected chi connectivity index (χ3v) is 6.32. The lowest BCUT2D eigenvalue weighted by molar-refractivity contribution is 0.198. The minimum absolute atomic E-state index is 0.319. The molecular formula is C16H32N2. The van der Waals surface area contributed by atoms with Gasteiger partial charge in [-0.25, -0.2) is 0 Å². The smallest absolute Gasteiger partial charge is 0.0277 e. The normalized spacial score (nSPS) is 36.3. The van der Waals surface area contributed by atoms with Crippen molar-refractivity contribution >= 4 is 0 Å². The van der Waals surface area contributed by atoms with Gasteiger partial charge in [0.05, 0.1) is 0 Å². The molecule has 1 aliphatic heterocycles. The quantitative estimate of drug-likeness (QED) is 0.830. The van der Waals surface area contributed by atoms with E-state index in [1.165, 1.54) is 39.0 Å². The Morgan fingerprint density at radius 2 is 1.72 bits per heavy atom. The summed E-state index contributed by atoms with van der Waals surface area (Å²) >= 11 is 0. The molecule has 1 atom stereocenters. The SMILES string of the molecule is CCC1(C)CN(CC2C(C)(C)C2(C)C)CCCN1. The predicted molar refractivity (Wildman–Crippen MR) is 78.8 cm³/mol. The van der Waals surface area contributed by atoms with Crippen LogP contribution in [0, 0.1) is 16.7 Å². The average molecular weight is 252 g/mol. The third-order valence-electron chi connectivity index (χ3n) is 6.32. The minimum atomic E-state index is 0.319. The van der Waals surface area contributed by atoms with Crippen LogP contribution in [0.25, 0.3) is 0 Å². The van der Waals surface area contributed by atoms with Crippen molar-refractivity contribution in [1.29, 1.82) is 0 Å². The Balaban J connectivity index is 1.98.